The Bertz CT molecular complexity index is 1010. The third-order valence-corrected chi connectivity index (χ3v) is 7.38. The summed E-state index contributed by atoms with van der Waals surface area (Å²) in [5.74, 6) is 0.819. The van der Waals surface area contributed by atoms with Crippen LogP contribution in [-0.2, 0) is 25.7 Å². The standard InChI is InChI=1S/C35H46/c1-5-12-33(16-11-7-10-15-31-13-8-6-9-14-31)27-34-23-21-32(22-24-34)20-18-29(3)26-35-25-28(2)17-19-30(35)4/h6,8-9,13-14,17,19,21-25,33H,3,5,7,10-12,15-16,18,20,26-27H2,1-2,4H3. The van der Waals surface area contributed by atoms with Gasteiger partial charge in [-0.1, -0.05) is 130 Å². The summed E-state index contributed by atoms with van der Waals surface area (Å²) < 4.78 is 0. The van der Waals surface area contributed by atoms with Crippen molar-refractivity contribution in [3.8, 4) is 0 Å². The fourth-order valence-electron chi connectivity index (χ4n) is 5.19. The maximum Gasteiger partial charge on any atom is -0.00670 e. The Labute approximate surface area is 215 Å². The van der Waals surface area contributed by atoms with Gasteiger partial charge in [-0.3, -0.25) is 0 Å². The van der Waals surface area contributed by atoms with Gasteiger partial charge < -0.3 is 0 Å². The van der Waals surface area contributed by atoms with Crippen molar-refractivity contribution in [2.45, 2.75) is 91.4 Å². The number of rotatable bonds is 15. The van der Waals surface area contributed by atoms with E-state index >= 15 is 0 Å². The number of hydrogen-bond donors (Lipinski definition) is 0. The van der Waals surface area contributed by atoms with Crippen LogP contribution in [-0.4, -0.2) is 0 Å². The van der Waals surface area contributed by atoms with Gasteiger partial charge in [-0.2, -0.15) is 0 Å². The summed E-state index contributed by atoms with van der Waals surface area (Å²) >= 11 is 0. The molecule has 186 valence electrons. The minimum Gasteiger partial charge on any atom is -0.0995 e. The molecule has 0 aromatic heterocycles. The molecule has 0 aliphatic carbocycles. The Hall–Kier alpha value is -2.60. The maximum atomic E-state index is 4.37. The third-order valence-electron chi connectivity index (χ3n) is 7.38. The van der Waals surface area contributed by atoms with Crippen LogP contribution in [0.3, 0.4) is 0 Å². The summed E-state index contributed by atoms with van der Waals surface area (Å²) in [5, 5.41) is 0. The number of unbranched alkanes of at least 4 members (excludes halogenated alkanes) is 2. The van der Waals surface area contributed by atoms with Crippen molar-refractivity contribution < 1.29 is 0 Å². The molecule has 0 N–H and O–H groups in total. The Morgan fingerprint density at radius 2 is 1.46 bits per heavy atom. The molecule has 0 heterocycles. The number of hydrogen-bond acceptors (Lipinski definition) is 0. The minimum atomic E-state index is 0.819. The van der Waals surface area contributed by atoms with Gasteiger partial charge in [-0.25, -0.2) is 0 Å². The zero-order chi connectivity index (χ0) is 24.9. The molecular formula is C35H46. The number of allylic oxidation sites excluding steroid dienone is 1. The lowest BCUT2D eigenvalue weighted by atomic mass is 9.89. The van der Waals surface area contributed by atoms with Crippen LogP contribution in [0.15, 0.2) is 84.9 Å². The summed E-state index contributed by atoms with van der Waals surface area (Å²) in [5.41, 5.74) is 9.88. The predicted octanol–water partition coefficient (Wildman–Crippen LogP) is 9.80. The van der Waals surface area contributed by atoms with Gasteiger partial charge in [0.15, 0.2) is 0 Å². The first kappa shape index (κ1) is 27.0. The van der Waals surface area contributed by atoms with Crippen LogP contribution in [0.2, 0.25) is 0 Å². The van der Waals surface area contributed by atoms with Crippen molar-refractivity contribution in [3.05, 3.63) is 118 Å². The van der Waals surface area contributed by atoms with Gasteiger partial charge in [-0.15, -0.1) is 0 Å². The fraction of sp³-hybridized carbons (Fsp3) is 0.429. The Morgan fingerprint density at radius 3 is 2.20 bits per heavy atom. The molecule has 0 fully saturated rings. The Morgan fingerprint density at radius 1 is 0.743 bits per heavy atom. The minimum absolute atomic E-state index is 0.819. The SMILES string of the molecule is C=C(CCc1ccc(CC(CCC)CCCCCc2ccccc2)cc1)Cc1cc(C)ccc1C. The molecular weight excluding hydrogens is 420 g/mol. The van der Waals surface area contributed by atoms with Crippen LogP contribution in [0.4, 0.5) is 0 Å². The maximum absolute atomic E-state index is 4.37. The van der Waals surface area contributed by atoms with Crippen LogP contribution in [0.5, 0.6) is 0 Å². The molecule has 0 amide bonds. The normalized spacial score (nSPS) is 12.0. The highest BCUT2D eigenvalue weighted by Gasteiger charge is 2.10. The lowest BCUT2D eigenvalue weighted by Gasteiger charge is -2.17. The van der Waals surface area contributed by atoms with Crippen LogP contribution >= 0.6 is 0 Å². The first-order chi connectivity index (χ1) is 17.0. The molecule has 0 bridgehead atoms. The molecule has 0 aliphatic rings. The lowest BCUT2D eigenvalue weighted by Crippen LogP contribution is -2.05. The molecule has 3 aromatic carbocycles. The third kappa shape index (κ3) is 9.88. The second kappa shape index (κ2) is 14.7. The fourth-order valence-corrected chi connectivity index (χ4v) is 5.19. The predicted molar refractivity (Wildman–Crippen MR) is 154 cm³/mol. The Balaban J connectivity index is 1.39. The monoisotopic (exact) mass is 466 g/mol. The van der Waals surface area contributed by atoms with Crippen molar-refractivity contribution in [1.82, 2.24) is 0 Å². The first-order valence-electron chi connectivity index (χ1n) is 13.9. The van der Waals surface area contributed by atoms with Gasteiger partial charge in [0.1, 0.15) is 0 Å². The second-order valence-corrected chi connectivity index (χ2v) is 10.6. The van der Waals surface area contributed by atoms with E-state index in [-0.39, 0.29) is 0 Å². The number of aryl methyl sites for hydroxylation is 4. The molecule has 3 aromatic rings. The summed E-state index contributed by atoms with van der Waals surface area (Å²) in [6, 6.07) is 27.1. The van der Waals surface area contributed by atoms with Crippen LogP contribution in [0.1, 0.15) is 85.3 Å². The van der Waals surface area contributed by atoms with Gasteiger partial charge in [-0.05, 0) is 86.1 Å². The van der Waals surface area contributed by atoms with E-state index in [0.717, 1.165) is 25.2 Å². The van der Waals surface area contributed by atoms with Crippen LogP contribution in [0.25, 0.3) is 0 Å². The summed E-state index contributed by atoms with van der Waals surface area (Å²) in [6.45, 7) is 11.1. The molecule has 0 radical (unpaired) electrons. The molecule has 0 heteroatoms. The van der Waals surface area contributed by atoms with Gasteiger partial charge in [0.25, 0.3) is 0 Å². The highest BCUT2D eigenvalue weighted by molar-refractivity contribution is 5.33. The van der Waals surface area contributed by atoms with Gasteiger partial charge in [0, 0.05) is 0 Å². The van der Waals surface area contributed by atoms with E-state index in [2.05, 4.69) is 100 Å². The first-order valence-corrected chi connectivity index (χ1v) is 13.9. The largest absolute Gasteiger partial charge is 0.0995 e. The quantitative estimate of drug-likeness (QED) is 0.154. The van der Waals surface area contributed by atoms with Gasteiger partial charge in [0.05, 0.1) is 0 Å². The van der Waals surface area contributed by atoms with Crippen molar-refractivity contribution in [3.63, 3.8) is 0 Å². The molecule has 3 rings (SSSR count). The topological polar surface area (TPSA) is 0 Å². The molecule has 0 spiro atoms. The van der Waals surface area contributed by atoms with Crippen molar-refractivity contribution in [2.75, 3.05) is 0 Å². The molecule has 35 heavy (non-hydrogen) atoms. The summed E-state index contributed by atoms with van der Waals surface area (Å²) in [4.78, 5) is 0. The smallest absolute Gasteiger partial charge is 0.00670 e. The van der Waals surface area contributed by atoms with Crippen LogP contribution < -0.4 is 0 Å². The highest BCUT2D eigenvalue weighted by atomic mass is 14.2. The molecule has 0 nitrogen and oxygen atoms in total. The summed E-state index contributed by atoms with van der Waals surface area (Å²) in [6.07, 6.45) is 13.6. The van der Waals surface area contributed by atoms with Crippen molar-refractivity contribution in [2.24, 2.45) is 5.92 Å². The molecule has 0 saturated carbocycles. The van der Waals surface area contributed by atoms with E-state index in [1.165, 1.54) is 90.3 Å². The van der Waals surface area contributed by atoms with Crippen molar-refractivity contribution >= 4 is 0 Å². The zero-order valence-electron chi connectivity index (χ0n) is 22.5. The summed E-state index contributed by atoms with van der Waals surface area (Å²) in [7, 11) is 0. The van der Waals surface area contributed by atoms with E-state index in [9.17, 15) is 0 Å². The second-order valence-electron chi connectivity index (χ2n) is 10.6. The highest BCUT2D eigenvalue weighted by Crippen LogP contribution is 2.23. The van der Waals surface area contributed by atoms with Crippen molar-refractivity contribution in [1.29, 1.82) is 0 Å². The Kier molecular flexibility index (Phi) is 11.4. The number of benzene rings is 3. The van der Waals surface area contributed by atoms with E-state index in [0.29, 0.717) is 0 Å². The van der Waals surface area contributed by atoms with Crippen LogP contribution in [0, 0.1) is 19.8 Å². The average Bonchev–Trinajstić information content (AvgIpc) is 2.86. The van der Waals surface area contributed by atoms with Gasteiger partial charge in [0.2, 0.25) is 0 Å². The average molecular weight is 467 g/mol. The van der Waals surface area contributed by atoms with Gasteiger partial charge >= 0.3 is 0 Å². The molecule has 0 aliphatic heterocycles. The molecule has 1 atom stereocenters. The van der Waals surface area contributed by atoms with E-state index in [4.69, 9.17) is 0 Å². The molecule has 0 saturated heterocycles. The van der Waals surface area contributed by atoms with E-state index in [1.807, 2.05) is 0 Å². The zero-order valence-corrected chi connectivity index (χ0v) is 22.5. The van der Waals surface area contributed by atoms with E-state index in [1.54, 1.807) is 0 Å². The molecule has 1 unspecified atom stereocenters. The van der Waals surface area contributed by atoms with E-state index < -0.39 is 0 Å². The lowest BCUT2D eigenvalue weighted by molar-refractivity contribution is 0.420.